The van der Waals surface area contributed by atoms with E-state index in [1.54, 1.807) is 0 Å². The van der Waals surface area contributed by atoms with Crippen molar-refractivity contribution >= 4 is 13.6 Å². The Labute approximate surface area is 76.2 Å². The van der Waals surface area contributed by atoms with Crippen LogP contribution in [0.1, 0.15) is 19.8 Å². The molecule has 5 nitrogen and oxygen atoms in total. The topological polar surface area (TPSA) is 94.8 Å². The Hall–Kier alpha value is -0.640. The Kier molecular flexibility index (Phi) is 4.91. The summed E-state index contributed by atoms with van der Waals surface area (Å²) in [6, 6.07) is 0. The highest BCUT2D eigenvalue weighted by Gasteiger charge is 2.10. The van der Waals surface area contributed by atoms with Crippen molar-refractivity contribution in [2.24, 2.45) is 0 Å². The van der Waals surface area contributed by atoms with Crippen LogP contribution in [0.5, 0.6) is 0 Å². The molecule has 0 fully saturated rings. The molecule has 0 unspecified atom stereocenters. The fourth-order valence-electron chi connectivity index (χ4n) is 0.703. The predicted molar refractivity (Wildman–Crippen MR) is 47.5 cm³/mol. The summed E-state index contributed by atoms with van der Waals surface area (Å²) in [5.41, 5.74) is 0.200. The smallest absolute Gasteiger partial charge is 0.330 e. The van der Waals surface area contributed by atoms with Crippen LogP contribution < -0.4 is 0 Å². The molecule has 0 atom stereocenters. The summed E-state index contributed by atoms with van der Waals surface area (Å²) >= 11 is 0. The van der Waals surface area contributed by atoms with Crippen LogP contribution in [0.4, 0.5) is 0 Å². The molecule has 3 N–H and O–H groups in total. The number of carbonyl (C=O) groups is 1. The zero-order valence-electron chi connectivity index (χ0n) is 7.30. The van der Waals surface area contributed by atoms with Gasteiger partial charge in [-0.1, -0.05) is 6.08 Å². The Balaban J connectivity index is 3.75. The van der Waals surface area contributed by atoms with Gasteiger partial charge in [-0.3, -0.25) is 4.57 Å². The van der Waals surface area contributed by atoms with Crippen molar-refractivity contribution in [2.75, 3.05) is 6.16 Å². The van der Waals surface area contributed by atoms with Crippen molar-refractivity contribution in [3.05, 3.63) is 11.6 Å². The maximum absolute atomic E-state index is 10.4. The summed E-state index contributed by atoms with van der Waals surface area (Å²) in [4.78, 5) is 27.2. The van der Waals surface area contributed by atoms with Crippen molar-refractivity contribution in [1.82, 2.24) is 0 Å². The van der Waals surface area contributed by atoms with E-state index in [1.165, 1.54) is 13.0 Å². The molecule has 0 heterocycles. The number of aliphatic carboxylic acids is 1. The van der Waals surface area contributed by atoms with E-state index in [9.17, 15) is 9.36 Å². The average Bonchev–Trinajstić information content (AvgIpc) is 1.95. The van der Waals surface area contributed by atoms with Gasteiger partial charge in [0.15, 0.2) is 0 Å². The van der Waals surface area contributed by atoms with Gasteiger partial charge in [0.05, 0.1) is 6.16 Å². The first-order valence-electron chi connectivity index (χ1n) is 3.77. The number of rotatable bonds is 5. The van der Waals surface area contributed by atoms with Gasteiger partial charge in [-0.15, -0.1) is 0 Å². The number of allylic oxidation sites excluding steroid dienone is 1. The molecule has 6 heteroatoms. The molecule has 0 rings (SSSR count). The highest BCUT2D eigenvalue weighted by Crippen LogP contribution is 2.35. The van der Waals surface area contributed by atoms with Crippen molar-refractivity contribution in [3.63, 3.8) is 0 Å². The molecular formula is C7H13O5P. The van der Waals surface area contributed by atoms with E-state index in [0.29, 0.717) is 12.8 Å². The van der Waals surface area contributed by atoms with Gasteiger partial charge in [0, 0.05) is 5.57 Å². The van der Waals surface area contributed by atoms with Crippen LogP contribution in [-0.2, 0) is 9.36 Å². The third-order valence-electron chi connectivity index (χ3n) is 1.44. The summed E-state index contributed by atoms with van der Waals surface area (Å²) in [6.07, 6.45) is 1.94. The summed E-state index contributed by atoms with van der Waals surface area (Å²) < 4.78 is 10.4. The minimum Gasteiger partial charge on any atom is -0.478 e. The molecule has 0 aromatic rings. The molecule has 0 saturated heterocycles. The van der Waals surface area contributed by atoms with Gasteiger partial charge in [-0.25, -0.2) is 4.79 Å². The van der Waals surface area contributed by atoms with Crippen LogP contribution in [-0.4, -0.2) is 27.0 Å². The third-order valence-corrected chi connectivity index (χ3v) is 2.34. The molecule has 76 valence electrons. The Morgan fingerprint density at radius 1 is 1.46 bits per heavy atom. The lowest BCUT2D eigenvalue weighted by Crippen LogP contribution is -1.96. The van der Waals surface area contributed by atoms with E-state index in [4.69, 9.17) is 14.9 Å². The maximum atomic E-state index is 10.4. The van der Waals surface area contributed by atoms with Gasteiger partial charge in [0.1, 0.15) is 0 Å². The summed E-state index contributed by atoms with van der Waals surface area (Å²) in [7, 11) is -3.93. The lowest BCUT2D eigenvalue weighted by molar-refractivity contribution is -0.132. The SMILES string of the molecule is C/C(=C\CCCP(=O)(O)O)C(=O)O. The van der Waals surface area contributed by atoms with Gasteiger partial charge in [-0.05, 0) is 19.8 Å². The average molecular weight is 208 g/mol. The lowest BCUT2D eigenvalue weighted by Gasteiger charge is -2.00. The molecule has 0 aromatic heterocycles. The lowest BCUT2D eigenvalue weighted by atomic mass is 10.2. The standard InChI is InChI=1S/C7H13O5P/c1-6(7(8)9)4-2-3-5-13(10,11)12/h4H,2-3,5H2,1H3,(H,8,9)(H2,10,11,12)/b6-4+. The zero-order chi connectivity index (χ0) is 10.5. The fourth-order valence-corrected chi connectivity index (χ4v) is 1.30. The predicted octanol–water partition coefficient (Wildman–Crippen LogP) is 0.975. The van der Waals surface area contributed by atoms with Crippen LogP contribution in [0.25, 0.3) is 0 Å². The molecule has 0 saturated carbocycles. The first-order chi connectivity index (χ1) is 5.83. The Morgan fingerprint density at radius 2 is 2.00 bits per heavy atom. The van der Waals surface area contributed by atoms with Gasteiger partial charge >= 0.3 is 13.6 Å². The second kappa shape index (κ2) is 5.17. The number of carboxylic acid groups (broad SMARTS) is 1. The van der Waals surface area contributed by atoms with Crippen LogP contribution in [0.3, 0.4) is 0 Å². The highest BCUT2D eigenvalue weighted by atomic mass is 31.2. The normalized spacial score (nSPS) is 13.0. The van der Waals surface area contributed by atoms with Crippen molar-refractivity contribution < 1.29 is 24.3 Å². The van der Waals surface area contributed by atoms with Gasteiger partial charge in [0.2, 0.25) is 0 Å². The van der Waals surface area contributed by atoms with Crippen LogP contribution in [0, 0.1) is 0 Å². The first-order valence-corrected chi connectivity index (χ1v) is 5.57. The van der Waals surface area contributed by atoms with Crippen LogP contribution in [0.15, 0.2) is 11.6 Å². The van der Waals surface area contributed by atoms with Gasteiger partial charge < -0.3 is 14.9 Å². The third kappa shape index (κ3) is 7.71. The van der Waals surface area contributed by atoms with Gasteiger partial charge in [0.25, 0.3) is 0 Å². The summed E-state index contributed by atoms with van der Waals surface area (Å²) in [6.45, 7) is 1.44. The molecular weight excluding hydrogens is 195 g/mol. The van der Waals surface area contributed by atoms with Crippen molar-refractivity contribution in [1.29, 1.82) is 0 Å². The van der Waals surface area contributed by atoms with Crippen molar-refractivity contribution in [3.8, 4) is 0 Å². The molecule has 0 radical (unpaired) electrons. The van der Waals surface area contributed by atoms with E-state index in [0.717, 1.165) is 0 Å². The Morgan fingerprint density at radius 3 is 2.38 bits per heavy atom. The van der Waals surface area contributed by atoms with E-state index in [-0.39, 0.29) is 11.7 Å². The molecule has 13 heavy (non-hydrogen) atoms. The van der Waals surface area contributed by atoms with Crippen LogP contribution >= 0.6 is 7.60 Å². The monoisotopic (exact) mass is 208 g/mol. The summed E-state index contributed by atoms with van der Waals surface area (Å²) in [5.74, 6) is -1.00. The second-order valence-electron chi connectivity index (χ2n) is 2.72. The van der Waals surface area contributed by atoms with Crippen molar-refractivity contribution in [2.45, 2.75) is 19.8 Å². The zero-order valence-corrected chi connectivity index (χ0v) is 8.20. The number of hydrogen-bond acceptors (Lipinski definition) is 2. The van der Waals surface area contributed by atoms with E-state index >= 15 is 0 Å². The molecule has 0 aliphatic carbocycles. The molecule has 0 aromatic carbocycles. The van der Waals surface area contributed by atoms with Gasteiger partial charge in [-0.2, -0.15) is 0 Å². The highest BCUT2D eigenvalue weighted by molar-refractivity contribution is 7.51. The molecule has 0 amide bonds. The van der Waals surface area contributed by atoms with E-state index < -0.39 is 13.6 Å². The maximum Gasteiger partial charge on any atom is 0.330 e. The molecule has 0 bridgehead atoms. The quantitative estimate of drug-likeness (QED) is 0.355. The fraction of sp³-hybridized carbons (Fsp3) is 0.571. The number of unbranched alkanes of at least 4 members (excludes halogenated alkanes) is 1. The molecule has 0 spiro atoms. The minimum absolute atomic E-state index is 0.198. The largest absolute Gasteiger partial charge is 0.478 e. The number of hydrogen-bond donors (Lipinski definition) is 3. The minimum atomic E-state index is -3.93. The van der Waals surface area contributed by atoms with Crippen LogP contribution in [0.2, 0.25) is 0 Å². The molecule has 0 aliphatic heterocycles. The number of carboxylic acids is 1. The Bertz CT molecular complexity index is 252. The summed E-state index contributed by atoms with van der Waals surface area (Å²) in [5, 5.41) is 8.42. The first kappa shape index (κ1) is 12.4. The van der Waals surface area contributed by atoms with E-state index in [1.807, 2.05) is 0 Å². The molecule has 0 aliphatic rings. The second-order valence-corrected chi connectivity index (χ2v) is 4.50. The van der Waals surface area contributed by atoms with E-state index in [2.05, 4.69) is 0 Å².